The predicted octanol–water partition coefficient (Wildman–Crippen LogP) is 4.86. The van der Waals surface area contributed by atoms with E-state index in [1.54, 1.807) is 6.07 Å². The SMILES string of the molecule is C[Si](C)(C)CCOCn1ccc2c(Br)ccc(F)c21. The number of nitrogens with zero attached hydrogens (tertiary/aromatic N) is 1. The van der Waals surface area contributed by atoms with Crippen molar-refractivity contribution in [2.24, 2.45) is 0 Å². The second-order valence-electron chi connectivity index (χ2n) is 5.93. The summed E-state index contributed by atoms with van der Waals surface area (Å²) < 4.78 is 22.3. The average Bonchev–Trinajstić information content (AvgIpc) is 2.73. The molecule has 2 rings (SSSR count). The first-order valence-electron chi connectivity index (χ1n) is 6.39. The molecule has 1 heterocycles. The Labute approximate surface area is 122 Å². The normalized spacial score (nSPS) is 12.3. The fourth-order valence-electron chi connectivity index (χ4n) is 1.90. The first kappa shape index (κ1) is 14.7. The molecular formula is C14H19BrFNOSi. The second kappa shape index (κ2) is 5.77. The first-order valence-corrected chi connectivity index (χ1v) is 10.9. The van der Waals surface area contributed by atoms with E-state index in [2.05, 4.69) is 35.6 Å². The van der Waals surface area contributed by atoms with E-state index >= 15 is 0 Å². The van der Waals surface area contributed by atoms with E-state index in [0.29, 0.717) is 12.2 Å². The van der Waals surface area contributed by atoms with Crippen molar-refractivity contribution in [3.63, 3.8) is 0 Å². The zero-order chi connectivity index (χ0) is 14.0. The molecular weight excluding hydrogens is 325 g/mol. The Balaban J connectivity index is 2.08. The molecule has 1 aromatic carbocycles. The lowest BCUT2D eigenvalue weighted by molar-refractivity contribution is 0.0899. The molecule has 2 aromatic rings. The highest BCUT2D eigenvalue weighted by atomic mass is 79.9. The summed E-state index contributed by atoms with van der Waals surface area (Å²) in [5.74, 6) is -0.211. The number of benzene rings is 1. The maximum Gasteiger partial charge on any atom is 0.147 e. The van der Waals surface area contributed by atoms with E-state index in [0.717, 1.165) is 22.5 Å². The molecule has 1 aromatic heterocycles. The van der Waals surface area contributed by atoms with Crippen molar-refractivity contribution in [2.45, 2.75) is 32.4 Å². The molecule has 0 radical (unpaired) electrons. The Hall–Kier alpha value is -0.653. The predicted molar refractivity (Wildman–Crippen MR) is 83.7 cm³/mol. The Bertz CT molecular complexity index is 577. The van der Waals surface area contributed by atoms with Crippen LogP contribution < -0.4 is 0 Å². The van der Waals surface area contributed by atoms with Crippen LogP contribution >= 0.6 is 15.9 Å². The van der Waals surface area contributed by atoms with Crippen LogP contribution in [0.15, 0.2) is 28.9 Å². The topological polar surface area (TPSA) is 14.2 Å². The number of fused-ring (bicyclic) bond motifs is 1. The molecule has 0 saturated carbocycles. The van der Waals surface area contributed by atoms with E-state index < -0.39 is 8.07 Å². The highest BCUT2D eigenvalue weighted by Crippen LogP contribution is 2.27. The van der Waals surface area contributed by atoms with Gasteiger partial charge in [0.05, 0.1) is 5.52 Å². The van der Waals surface area contributed by atoms with Gasteiger partial charge in [-0.25, -0.2) is 4.39 Å². The molecule has 0 bridgehead atoms. The van der Waals surface area contributed by atoms with Gasteiger partial charge in [0.2, 0.25) is 0 Å². The summed E-state index contributed by atoms with van der Waals surface area (Å²) in [7, 11) is -1.07. The molecule has 0 unspecified atom stereocenters. The molecule has 0 fully saturated rings. The fraction of sp³-hybridized carbons (Fsp3) is 0.429. The molecule has 0 aliphatic carbocycles. The lowest BCUT2D eigenvalue weighted by atomic mass is 10.2. The Morgan fingerprint density at radius 3 is 2.68 bits per heavy atom. The van der Waals surface area contributed by atoms with Crippen LogP contribution in [-0.4, -0.2) is 19.2 Å². The number of halogens is 2. The van der Waals surface area contributed by atoms with Crippen LogP contribution in [0.25, 0.3) is 10.9 Å². The molecule has 0 aliphatic heterocycles. The zero-order valence-electron chi connectivity index (χ0n) is 11.5. The molecule has 0 spiro atoms. The van der Waals surface area contributed by atoms with Gasteiger partial charge in [-0.3, -0.25) is 0 Å². The van der Waals surface area contributed by atoms with Crippen LogP contribution in [-0.2, 0) is 11.5 Å². The molecule has 19 heavy (non-hydrogen) atoms. The maximum atomic E-state index is 13.9. The van der Waals surface area contributed by atoms with E-state index in [-0.39, 0.29) is 5.82 Å². The van der Waals surface area contributed by atoms with Crippen LogP contribution in [0.2, 0.25) is 25.7 Å². The van der Waals surface area contributed by atoms with Crippen molar-refractivity contribution < 1.29 is 9.13 Å². The van der Waals surface area contributed by atoms with Gasteiger partial charge in [-0.15, -0.1) is 0 Å². The largest absolute Gasteiger partial charge is 0.361 e. The van der Waals surface area contributed by atoms with Crippen molar-refractivity contribution in [3.05, 3.63) is 34.7 Å². The van der Waals surface area contributed by atoms with Crippen molar-refractivity contribution in [1.29, 1.82) is 0 Å². The van der Waals surface area contributed by atoms with Crippen LogP contribution in [0.5, 0.6) is 0 Å². The van der Waals surface area contributed by atoms with Crippen molar-refractivity contribution >= 4 is 34.9 Å². The minimum atomic E-state index is -1.07. The summed E-state index contributed by atoms with van der Waals surface area (Å²) in [6, 6.07) is 6.24. The van der Waals surface area contributed by atoms with Gasteiger partial charge in [-0.1, -0.05) is 35.6 Å². The molecule has 0 amide bonds. The Morgan fingerprint density at radius 2 is 2.00 bits per heavy atom. The number of hydrogen-bond donors (Lipinski definition) is 0. The number of aromatic nitrogens is 1. The third-order valence-electron chi connectivity index (χ3n) is 3.05. The van der Waals surface area contributed by atoms with E-state index in [9.17, 15) is 4.39 Å². The summed E-state index contributed by atoms with van der Waals surface area (Å²) in [6.07, 6.45) is 1.87. The average molecular weight is 344 g/mol. The van der Waals surface area contributed by atoms with Crippen molar-refractivity contribution in [2.75, 3.05) is 6.61 Å². The second-order valence-corrected chi connectivity index (χ2v) is 12.4. The summed E-state index contributed by atoms with van der Waals surface area (Å²) in [6.45, 7) is 8.10. The van der Waals surface area contributed by atoms with Crippen molar-refractivity contribution in [1.82, 2.24) is 4.57 Å². The molecule has 0 saturated heterocycles. The zero-order valence-corrected chi connectivity index (χ0v) is 14.1. The summed E-state index contributed by atoms with van der Waals surface area (Å²) >= 11 is 3.44. The maximum absolute atomic E-state index is 13.9. The minimum absolute atomic E-state index is 0.211. The van der Waals surface area contributed by atoms with Gasteiger partial charge in [0.1, 0.15) is 12.5 Å². The summed E-state index contributed by atoms with van der Waals surface area (Å²) in [4.78, 5) is 0. The molecule has 0 atom stereocenters. The Morgan fingerprint density at radius 1 is 1.26 bits per heavy atom. The van der Waals surface area contributed by atoms with Crippen molar-refractivity contribution in [3.8, 4) is 0 Å². The minimum Gasteiger partial charge on any atom is -0.361 e. The van der Waals surface area contributed by atoms with Crippen LogP contribution in [0, 0.1) is 5.82 Å². The molecule has 0 aliphatic rings. The summed E-state index contributed by atoms with van der Waals surface area (Å²) in [5, 5.41) is 0.883. The Kier molecular flexibility index (Phi) is 4.48. The number of hydrogen-bond acceptors (Lipinski definition) is 1. The molecule has 104 valence electrons. The highest BCUT2D eigenvalue weighted by Gasteiger charge is 2.13. The highest BCUT2D eigenvalue weighted by molar-refractivity contribution is 9.10. The number of rotatable bonds is 5. The summed E-state index contributed by atoms with van der Waals surface area (Å²) in [5.41, 5.74) is 0.599. The van der Waals surface area contributed by atoms with Crippen LogP contribution in [0.1, 0.15) is 0 Å². The lowest BCUT2D eigenvalue weighted by Gasteiger charge is -2.15. The third-order valence-corrected chi connectivity index (χ3v) is 5.45. The first-order chi connectivity index (χ1) is 8.88. The van der Waals surface area contributed by atoms with E-state index in [4.69, 9.17) is 4.74 Å². The molecule has 5 heteroatoms. The van der Waals surface area contributed by atoms with E-state index in [1.165, 1.54) is 6.07 Å². The van der Waals surface area contributed by atoms with Crippen LogP contribution in [0.3, 0.4) is 0 Å². The van der Waals surface area contributed by atoms with Gasteiger partial charge in [0.15, 0.2) is 0 Å². The third kappa shape index (κ3) is 3.67. The lowest BCUT2D eigenvalue weighted by Crippen LogP contribution is -2.22. The van der Waals surface area contributed by atoms with Gasteiger partial charge in [-0.05, 0) is 24.2 Å². The quantitative estimate of drug-likeness (QED) is 0.558. The fourth-order valence-corrected chi connectivity index (χ4v) is 3.10. The number of ether oxygens (including phenoxy) is 1. The molecule has 2 nitrogen and oxygen atoms in total. The van der Waals surface area contributed by atoms with Crippen LogP contribution in [0.4, 0.5) is 4.39 Å². The van der Waals surface area contributed by atoms with E-state index in [1.807, 2.05) is 16.8 Å². The molecule has 0 N–H and O–H groups in total. The monoisotopic (exact) mass is 343 g/mol. The van der Waals surface area contributed by atoms with Gasteiger partial charge in [0.25, 0.3) is 0 Å². The van der Waals surface area contributed by atoms with Gasteiger partial charge in [0, 0.05) is 30.7 Å². The van der Waals surface area contributed by atoms with Gasteiger partial charge >= 0.3 is 0 Å². The smallest absolute Gasteiger partial charge is 0.147 e. The van der Waals surface area contributed by atoms with Gasteiger partial charge in [-0.2, -0.15) is 0 Å². The standard InChI is InChI=1S/C14H19BrFNOSi/c1-19(2,3)9-8-18-10-17-7-6-11-12(15)4-5-13(16)14(11)17/h4-7H,8-10H2,1-3H3. The van der Waals surface area contributed by atoms with Gasteiger partial charge < -0.3 is 9.30 Å².